The van der Waals surface area contributed by atoms with E-state index in [1.807, 2.05) is 13.8 Å². The summed E-state index contributed by atoms with van der Waals surface area (Å²) in [6.45, 7) is 3.01. The van der Waals surface area contributed by atoms with E-state index in [4.69, 9.17) is 9.47 Å². The van der Waals surface area contributed by atoms with Gasteiger partial charge in [-0.05, 0) is 49.7 Å². The summed E-state index contributed by atoms with van der Waals surface area (Å²) in [6.07, 6.45) is 0.714. The third-order valence-corrected chi connectivity index (χ3v) is 7.54. The summed E-state index contributed by atoms with van der Waals surface area (Å²) >= 11 is 0. The zero-order valence-electron chi connectivity index (χ0n) is 21.5. The Morgan fingerprint density at radius 3 is 2.29 bits per heavy atom. The fourth-order valence-electron chi connectivity index (χ4n) is 3.57. The lowest BCUT2D eigenvalue weighted by atomic mass is 10.1. The smallest absolute Gasteiger partial charge is 0.265 e. The van der Waals surface area contributed by atoms with Crippen LogP contribution in [0.25, 0.3) is 0 Å². The summed E-state index contributed by atoms with van der Waals surface area (Å²) in [5.74, 6) is -1.56. The second-order valence-electron chi connectivity index (χ2n) is 8.36. The molecule has 3 rings (SSSR count). The number of benzene rings is 3. The average molecular weight is 544 g/mol. The highest BCUT2D eigenvalue weighted by Gasteiger charge is 2.30. The molecule has 9 nitrogen and oxygen atoms in total. The Hall–Kier alpha value is -4.12. The van der Waals surface area contributed by atoms with Crippen LogP contribution < -0.4 is 24.4 Å². The predicted molar refractivity (Wildman–Crippen MR) is 143 cm³/mol. The highest BCUT2D eigenvalue weighted by Crippen LogP contribution is 2.33. The molecule has 3 aromatic rings. The molecule has 2 N–H and O–H groups in total. The maximum absolute atomic E-state index is 14.8. The number of halogens is 1. The number of rotatable bonds is 11. The van der Waals surface area contributed by atoms with E-state index >= 15 is 0 Å². The Balaban J connectivity index is 1.97. The van der Waals surface area contributed by atoms with Crippen LogP contribution in [0.5, 0.6) is 11.5 Å². The Morgan fingerprint density at radius 2 is 1.63 bits per heavy atom. The quantitative estimate of drug-likeness (QED) is 0.375. The number of nitrogens with one attached hydrogen (secondary N) is 2. The number of hydrogen-bond donors (Lipinski definition) is 2. The van der Waals surface area contributed by atoms with E-state index < -0.39 is 28.3 Å². The minimum Gasteiger partial charge on any atom is -0.493 e. The Kier molecular flexibility index (Phi) is 9.30. The fourth-order valence-corrected chi connectivity index (χ4v) is 5.02. The van der Waals surface area contributed by atoms with Crippen LogP contribution in [0.1, 0.15) is 30.6 Å². The molecule has 3 aromatic carbocycles. The minimum absolute atomic E-state index is 0.0885. The summed E-state index contributed by atoms with van der Waals surface area (Å²) in [5.41, 5.74) is 0.0804. The first-order valence-electron chi connectivity index (χ1n) is 11.8. The molecule has 1 unspecified atom stereocenters. The maximum atomic E-state index is 14.8. The van der Waals surface area contributed by atoms with Crippen LogP contribution in [0, 0.1) is 5.82 Å². The van der Waals surface area contributed by atoms with Crippen molar-refractivity contribution in [3.63, 3.8) is 0 Å². The minimum atomic E-state index is -4.45. The molecule has 0 saturated carbocycles. The second-order valence-corrected chi connectivity index (χ2v) is 10.2. The van der Waals surface area contributed by atoms with Crippen LogP contribution in [0.15, 0.2) is 71.6 Å². The van der Waals surface area contributed by atoms with Gasteiger partial charge in [0.25, 0.3) is 15.9 Å². The lowest BCUT2D eigenvalue weighted by Gasteiger charge is -2.25. The second kappa shape index (κ2) is 12.4. The van der Waals surface area contributed by atoms with E-state index in [9.17, 15) is 22.4 Å². The van der Waals surface area contributed by atoms with Crippen molar-refractivity contribution in [1.82, 2.24) is 5.32 Å². The third-order valence-electron chi connectivity index (χ3n) is 5.79. The van der Waals surface area contributed by atoms with E-state index in [1.54, 1.807) is 18.2 Å². The summed E-state index contributed by atoms with van der Waals surface area (Å²) in [7, 11) is -1.69. The van der Waals surface area contributed by atoms with Crippen molar-refractivity contribution in [1.29, 1.82) is 0 Å². The molecule has 0 aliphatic carbocycles. The number of ether oxygens (including phenoxy) is 2. The van der Waals surface area contributed by atoms with Crippen molar-refractivity contribution in [3.8, 4) is 11.5 Å². The van der Waals surface area contributed by atoms with Crippen LogP contribution in [0.3, 0.4) is 0 Å². The van der Waals surface area contributed by atoms with Gasteiger partial charge in [0.15, 0.2) is 11.5 Å². The van der Waals surface area contributed by atoms with Gasteiger partial charge in [-0.25, -0.2) is 12.8 Å². The van der Waals surface area contributed by atoms with Crippen LogP contribution in [0.2, 0.25) is 0 Å². The molecule has 0 spiro atoms. The molecule has 0 bridgehead atoms. The van der Waals surface area contributed by atoms with Crippen LogP contribution >= 0.6 is 0 Å². The maximum Gasteiger partial charge on any atom is 0.265 e. The Morgan fingerprint density at radius 1 is 0.974 bits per heavy atom. The standard InChI is InChI=1S/C27H30FN3O6S/c1-5-18(2)29-27(33)20-10-6-8-12-22(20)30-26(32)17-31(23-13-9-7-11-21(23)28)38(34,35)19-14-15-24(36-3)25(16-19)37-4/h6-16,18H,5,17H2,1-4H3,(H,29,33)(H,30,32). The largest absolute Gasteiger partial charge is 0.493 e. The van der Waals surface area contributed by atoms with Gasteiger partial charge in [-0.3, -0.25) is 13.9 Å². The first-order chi connectivity index (χ1) is 18.1. The van der Waals surface area contributed by atoms with Gasteiger partial charge >= 0.3 is 0 Å². The normalized spacial score (nSPS) is 11.8. The van der Waals surface area contributed by atoms with Gasteiger partial charge in [-0.15, -0.1) is 0 Å². The number of hydrogen-bond acceptors (Lipinski definition) is 6. The number of carbonyl (C=O) groups is 2. The molecule has 38 heavy (non-hydrogen) atoms. The molecule has 0 heterocycles. The summed E-state index contributed by atoms with van der Waals surface area (Å²) in [4.78, 5) is 25.6. The number of methoxy groups -OCH3 is 2. The third kappa shape index (κ3) is 6.41. The Labute approximate surface area is 221 Å². The molecule has 0 aromatic heterocycles. The lowest BCUT2D eigenvalue weighted by Crippen LogP contribution is -2.39. The van der Waals surface area contributed by atoms with Gasteiger partial charge < -0.3 is 20.1 Å². The summed E-state index contributed by atoms with van der Waals surface area (Å²) in [5, 5.41) is 5.42. The van der Waals surface area contributed by atoms with Crippen molar-refractivity contribution in [3.05, 3.63) is 78.1 Å². The Bertz CT molecular complexity index is 1410. The number of amides is 2. The number of para-hydroxylation sites is 2. The number of carbonyl (C=O) groups excluding carboxylic acids is 2. The summed E-state index contributed by atoms with van der Waals surface area (Å²) < 4.78 is 53.2. The van der Waals surface area contributed by atoms with Gasteiger partial charge in [0, 0.05) is 12.1 Å². The molecule has 0 saturated heterocycles. The molecule has 11 heteroatoms. The number of sulfonamides is 1. The molecule has 1 atom stereocenters. The van der Waals surface area contributed by atoms with E-state index in [0.29, 0.717) is 16.5 Å². The van der Waals surface area contributed by atoms with Crippen molar-refractivity contribution in [2.75, 3.05) is 30.4 Å². The molecule has 202 valence electrons. The molecule has 2 amide bonds. The van der Waals surface area contributed by atoms with Crippen LogP contribution in [0.4, 0.5) is 15.8 Å². The molecule has 0 aliphatic rings. The van der Waals surface area contributed by atoms with Gasteiger partial charge in [-0.1, -0.05) is 31.2 Å². The highest BCUT2D eigenvalue weighted by atomic mass is 32.2. The molecule has 0 fully saturated rings. The van der Waals surface area contributed by atoms with Gasteiger partial charge in [0.1, 0.15) is 12.4 Å². The van der Waals surface area contributed by atoms with E-state index in [1.165, 1.54) is 56.7 Å². The zero-order valence-corrected chi connectivity index (χ0v) is 22.3. The van der Waals surface area contributed by atoms with Crippen molar-refractivity contribution < 1.29 is 31.9 Å². The highest BCUT2D eigenvalue weighted by molar-refractivity contribution is 7.92. The fraction of sp³-hybridized carbons (Fsp3) is 0.259. The molecule has 0 radical (unpaired) electrons. The van der Waals surface area contributed by atoms with E-state index in [2.05, 4.69) is 10.6 Å². The number of anilines is 2. The van der Waals surface area contributed by atoms with Crippen molar-refractivity contribution in [2.45, 2.75) is 31.2 Å². The van der Waals surface area contributed by atoms with Crippen molar-refractivity contribution >= 4 is 33.2 Å². The zero-order chi connectivity index (χ0) is 27.9. The van der Waals surface area contributed by atoms with Gasteiger partial charge in [-0.2, -0.15) is 0 Å². The molecular weight excluding hydrogens is 513 g/mol. The first kappa shape index (κ1) is 28.5. The van der Waals surface area contributed by atoms with Crippen LogP contribution in [-0.2, 0) is 14.8 Å². The molecule has 0 aliphatic heterocycles. The van der Waals surface area contributed by atoms with E-state index in [0.717, 1.165) is 6.07 Å². The lowest BCUT2D eigenvalue weighted by molar-refractivity contribution is -0.114. The number of nitrogens with zero attached hydrogens (tertiary/aromatic N) is 1. The predicted octanol–water partition coefficient (Wildman–Crippen LogP) is 4.21. The van der Waals surface area contributed by atoms with Gasteiger partial charge in [0.05, 0.1) is 36.1 Å². The first-order valence-corrected chi connectivity index (χ1v) is 13.2. The average Bonchev–Trinajstić information content (AvgIpc) is 2.91. The van der Waals surface area contributed by atoms with Crippen molar-refractivity contribution in [2.24, 2.45) is 0 Å². The van der Waals surface area contributed by atoms with E-state index in [-0.39, 0.29) is 39.5 Å². The molecular formula is C27H30FN3O6S. The topological polar surface area (TPSA) is 114 Å². The van der Waals surface area contributed by atoms with Gasteiger partial charge in [0.2, 0.25) is 5.91 Å². The van der Waals surface area contributed by atoms with Crippen LogP contribution in [-0.4, -0.2) is 47.0 Å². The summed E-state index contributed by atoms with van der Waals surface area (Å²) in [6, 6.07) is 15.4. The SMILES string of the molecule is CCC(C)NC(=O)c1ccccc1NC(=O)CN(c1ccccc1F)S(=O)(=O)c1ccc(OC)c(OC)c1. The monoisotopic (exact) mass is 543 g/mol.